The lowest BCUT2D eigenvalue weighted by Crippen LogP contribution is -2.45. The van der Waals surface area contributed by atoms with E-state index in [1.165, 1.54) is 4.90 Å². The molecule has 0 aliphatic carbocycles. The molecule has 4 rings (SSSR count). The van der Waals surface area contributed by atoms with Crippen LogP contribution in [0.25, 0.3) is 0 Å². The molecule has 2 aliphatic heterocycles. The highest BCUT2D eigenvalue weighted by atomic mass is 16.5. The number of imide groups is 1. The Morgan fingerprint density at radius 1 is 1.17 bits per heavy atom. The molecular weight excluding hydrogens is 368 g/mol. The van der Waals surface area contributed by atoms with Crippen LogP contribution < -0.4 is 9.64 Å². The molecule has 0 aromatic heterocycles. The van der Waals surface area contributed by atoms with Crippen molar-refractivity contribution in [3.8, 4) is 5.75 Å². The van der Waals surface area contributed by atoms with E-state index in [4.69, 9.17) is 9.47 Å². The fourth-order valence-electron chi connectivity index (χ4n) is 3.77. The van der Waals surface area contributed by atoms with Gasteiger partial charge in [0.2, 0.25) is 5.91 Å². The second-order valence-electron chi connectivity index (χ2n) is 7.12. The molecule has 0 saturated carbocycles. The van der Waals surface area contributed by atoms with Crippen molar-refractivity contribution in [3.05, 3.63) is 59.7 Å². The van der Waals surface area contributed by atoms with Crippen LogP contribution in [0.5, 0.6) is 5.75 Å². The molecule has 0 bridgehead atoms. The van der Waals surface area contributed by atoms with Gasteiger partial charge in [0.15, 0.2) is 0 Å². The molecule has 2 aliphatic rings. The molecule has 150 valence electrons. The van der Waals surface area contributed by atoms with E-state index < -0.39 is 5.92 Å². The minimum Gasteiger partial charge on any atom is -0.494 e. The molecule has 0 unspecified atom stereocenters. The maximum atomic E-state index is 13.3. The first kappa shape index (κ1) is 19.3. The largest absolute Gasteiger partial charge is 0.494 e. The first-order chi connectivity index (χ1) is 14.2. The summed E-state index contributed by atoms with van der Waals surface area (Å²) in [5.74, 6) is -0.521. The number of anilines is 1. The van der Waals surface area contributed by atoms with Gasteiger partial charge in [-0.25, -0.2) is 4.90 Å². The van der Waals surface area contributed by atoms with Crippen LogP contribution in [0.3, 0.4) is 0 Å². The van der Waals surface area contributed by atoms with Gasteiger partial charge in [0.1, 0.15) is 5.75 Å². The molecule has 2 amide bonds. The highest BCUT2D eigenvalue weighted by Crippen LogP contribution is 2.32. The van der Waals surface area contributed by atoms with Crippen LogP contribution in [-0.2, 0) is 9.53 Å². The van der Waals surface area contributed by atoms with Gasteiger partial charge in [-0.15, -0.1) is 0 Å². The zero-order valence-corrected chi connectivity index (χ0v) is 16.4. The zero-order valence-electron chi connectivity index (χ0n) is 16.4. The maximum absolute atomic E-state index is 13.3. The minimum atomic E-state index is -0.600. The maximum Gasteiger partial charge on any atom is 0.265 e. The Balaban J connectivity index is 1.64. The molecule has 0 spiro atoms. The average Bonchev–Trinajstić information content (AvgIpc) is 3.26. The van der Waals surface area contributed by atoms with Crippen LogP contribution in [0.2, 0.25) is 0 Å². The normalized spacial score (nSPS) is 21.6. The van der Waals surface area contributed by atoms with Gasteiger partial charge in [-0.05, 0) is 55.7 Å². The van der Waals surface area contributed by atoms with Gasteiger partial charge < -0.3 is 9.47 Å². The van der Waals surface area contributed by atoms with E-state index in [0.29, 0.717) is 35.7 Å². The second-order valence-corrected chi connectivity index (χ2v) is 7.12. The molecule has 2 aromatic rings. The van der Waals surface area contributed by atoms with Crippen molar-refractivity contribution >= 4 is 23.7 Å². The van der Waals surface area contributed by atoms with Gasteiger partial charge in [0, 0.05) is 18.4 Å². The summed E-state index contributed by atoms with van der Waals surface area (Å²) in [5, 5.41) is 0. The summed E-state index contributed by atoms with van der Waals surface area (Å²) >= 11 is 0. The van der Waals surface area contributed by atoms with E-state index in [0.717, 1.165) is 19.4 Å². The van der Waals surface area contributed by atoms with Crippen LogP contribution in [0.1, 0.15) is 41.6 Å². The Hall–Kier alpha value is -2.99. The summed E-state index contributed by atoms with van der Waals surface area (Å²) in [5.41, 5.74) is 1.74. The molecule has 1 saturated heterocycles. The van der Waals surface area contributed by atoms with Gasteiger partial charge in [0.05, 0.1) is 30.9 Å². The number of carbonyl (C=O) groups excluding carboxylic acids is 2. The summed E-state index contributed by atoms with van der Waals surface area (Å²) in [4.78, 5) is 32.1. The number of carbonyl (C=O) groups is 2. The molecule has 1 fully saturated rings. The third-order valence-electron chi connectivity index (χ3n) is 5.21. The second kappa shape index (κ2) is 8.57. The number of fused-ring (bicyclic) bond motifs is 1. The Bertz CT molecular complexity index is 917. The number of hydrogen-bond acceptors (Lipinski definition) is 5. The number of ether oxygens (including phenoxy) is 2. The summed E-state index contributed by atoms with van der Waals surface area (Å²) in [7, 11) is 0. The Morgan fingerprint density at radius 2 is 1.97 bits per heavy atom. The van der Waals surface area contributed by atoms with E-state index in [1.807, 2.05) is 25.1 Å². The third kappa shape index (κ3) is 3.93. The van der Waals surface area contributed by atoms with E-state index in [-0.39, 0.29) is 17.9 Å². The summed E-state index contributed by atoms with van der Waals surface area (Å²) in [6, 6.07) is 14.2. The van der Waals surface area contributed by atoms with Gasteiger partial charge >= 0.3 is 0 Å². The van der Waals surface area contributed by atoms with E-state index in [9.17, 15) is 9.59 Å². The van der Waals surface area contributed by atoms with Gasteiger partial charge in [0.25, 0.3) is 5.91 Å². The average molecular weight is 392 g/mol. The molecule has 6 nitrogen and oxygen atoms in total. The zero-order chi connectivity index (χ0) is 20.2. The van der Waals surface area contributed by atoms with Crippen molar-refractivity contribution in [1.82, 2.24) is 0 Å². The first-order valence-corrected chi connectivity index (χ1v) is 10.0. The van der Waals surface area contributed by atoms with Crippen LogP contribution in [-0.4, -0.2) is 43.9 Å². The first-order valence-electron chi connectivity index (χ1n) is 10.0. The summed E-state index contributed by atoms with van der Waals surface area (Å²) < 4.78 is 11.1. The SMILES string of the molecule is CCOc1ccc(N2C(=O)c3ccccc3[C@@H](C=NC[C@@H]3CCCO3)C2=O)cc1. The van der Waals surface area contributed by atoms with E-state index in [1.54, 1.807) is 36.5 Å². The van der Waals surface area contributed by atoms with Gasteiger partial charge in [-0.3, -0.25) is 14.6 Å². The standard InChI is InChI=1S/C23H24N2O4/c1-2-28-17-11-9-16(10-12-17)25-22(26)20-8-4-3-7-19(20)21(23(25)27)15-24-14-18-6-5-13-29-18/h3-4,7-12,15,18,21H,2,5-6,13-14H2,1H3/t18-,21+/m0/s1. The smallest absolute Gasteiger partial charge is 0.265 e. The molecule has 2 heterocycles. The van der Waals surface area contributed by atoms with E-state index in [2.05, 4.69) is 4.99 Å². The number of benzene rings is 2. The van der Waals surface area contributed by atoms with Gasteiger partial charge in [-0.2, -0.15) is 0 Å². The molecule has 0 radical (unpaired) electrons. The van der Waals surface area contributed by atoms with Crippen LogP contribution in [0.15, 0.2) is 53.5 Å². The lowest BCUT2D eigenvalue weighted by Gasteiger charge is -2.31. The minimum absolute atomic E-state index is 0.115. The van der Waals surface area contributed by atoms with Crippen molar-refractivity contribution < 1.29 is 19.1 Å². The summed E-state index contributed by atoms with van der Waals surface area (Å²) in [6.07, 6.45) is 3.81. The van der Waals surface area contributed by atoms with Crippen molar-refractivity contribution in [1.29, 1.82) is 0 Å². The molecule has 29 heavy (non-hydrogen) atoms. The van der Waals surface area contributed by atoms with E-state index >= 15 is 0 Å². The molecule has 0 N–H and O–H groups in total. The number of aliphatic imine (C=N–C) groups is 1. The third-order valence-corrected chi connectivity index (χ3v) is 5.21. The number of nitrogens with zero attached hydrogens (tertiary/aromatic N) is 2. The van der Waals surface area contributed by atoms with Crippen molar-refractivity contribution in [2.75, 3.05) is 24.7 Å². The molecular formula is C23H24N2O4. The highest BCUT2D eigenvalue weighted by Gasteiger charge is 2.38. The lowest BCUT2D eigenvalue weighted by atomic mass is 9.89. The van der Waals surface area contributed by atoms with Crippen LogP contribution in [0.4, 0.5) is 5.69 Å². The van der Waals surface area contributed by atoms with Crippen molar-refractivity contribution in [2.24, 2.45) is 4.99 Å². The van der Waals surface area contributed by atoms with Gasteiger partial charge in [-0.1, -0.05) is 18.2 Å². The molecule has 6 heteroatoms. The molecule has 2 atom stereocenters. The predicted molar refractivity (Wildman–Crippen MR) is 111 cm³/mol. The fourth-order valence-corrected chi connectivity index (χ4v) is 3.77. The fraction of sp³-hybridized carbons (Fsp3) is 0.348. The quantitative estimate of drug-likeness (QED) is 0.556. The van der Waals surface area contributed by atoms with Crippen molar-refractivity contribution in [2.45, 2.75) is 31.8 Å². The van der Waals surface area contributed by atoms with Crippen LogP contribution >= 0.6 is 0 Å². The number of rotatable bonds is 6. The monoisotopic (exact) mass is 392 g/mol. The molecule has 2 aromatic carbocycles. The predicted octanol–water partition coefficient (Wildman–Crippen LogP) is 3.61. The Kier molecular flexibility index (Phi) is 5.71. The topological polar surface area (TPSA) is 68.2 Å². The number of amides is 2. The lowest BCUT2D eigenvalue weighted by molar-refractivity contribution is -0.118. The van der Waals surface area contributed by atoms with Crippen LogP contribution in [0, 0.1) is 0 Å². The van der Waals surface area contributed by atoms with Crippen molar-refractivity contribution in [3.63, 3.8) is 0 Å². The summed E-state index contributed by atoms with van der Waals surface area (Å²) in [6.45, 7) is 3.76. The Labute approximate surface area is 170 Å². The Morgan fingerprint density at radius 3 is 2.69 bits per heavy atom. The number of hydrogen-bond donors (Lipinski definition) is 0. The highest BCUT2D eigenvalue weighted by molar-refractivity contribution is 6.29.